The summed E-state index contributed by atoms with van der Waals surface area (Å²) in [7, 11) is 0. The Labute approximate surface area is 165 Å². The zero-order chi connectivity index (χ0) is 20.6. The van der Waals surface area contributed by atoms with Crippen LogP contribution in [0.15, 0.2) is 36.7 Å². The van der Waals surface area contributed by atoms with E-state index in [1.807, 2.05) is 0 Å². The highest BCUT2D eigenvalue weighted by molar-refractivity contribution is 6.31. The zero-order valence-corrected chi connectivity index (χ0v) is 16.3. The Balaban J connectivity index is 2.21. The lowest BCUT2D eigenvalue weighted by Gasteiger charge is -2.27. The molecule has 0 bridgehead atoms. The molecule has 0 N–H and O–H groups in total. The van der Waals surface area contributed by atoms with Gasteiger partial charge in [-0.15, -0.1) is 0 Å². The molecule has 0 atom stereocenters. The number of imidazole rings is 1. The van der Waals surface area contributed by atoms with Crippen molar-refractivity contribution in [3.8, 4) is 11.1 Å². The molecule has 148 valence electrons. The molecule has 2 heterocycles. The molecule has 0 radical (unpaired) electrons. The number of alkyl halides is 2. The summed E-state index contributed by atoms with van der Waals surface area (Å²) in [5.74, 6) is -0.606. The van der Waals surface area contributed by atoms with E-state index in [0.717, 1.165) is 11.0 Å². The van der Waals surface area contributed by atoms with Gasteiger partial charge in [-0.1, -0.05) is 17.7 Å². The summed E-state index contributed by atoms with van der Waals surface area (Å²) >= 11 is 6.23. The highest BCUT2D eigenvalue weighted by atomic mass is 35.5. The highest BCUT2D eigenvalue weighted by Crippen LogP contribution is 2.32. The topological polar surface area (TPSA) is 37.6 Å². The number of carbonyl (C=O) groups excluding carboxylic acids is 1. The van der Waals surface area contributed by atoms with E-state index in [4.69, 9.17) is 11.6 Å². The fourth-order valence-electron chi connectivity index (χ4n) is 3.16. The summed E-state index contributed by atoms with van der Waals surface area (Å²) in [6.07, 6.45) is 0.613. The Bertz CT molecular complexity index is 1030. The molecule has 0 fully saturated rings. The molecule has 2 aromatic heterocycles. The number of rotatable bonds is 5. The number of fused-ring (bicyclic) bond motifs is 1. The molecule has 1 amide bonds. The maximum Gasteiger partial charge on any atom is 0.255 e. The highest BCUT2D eigenvalue weighted by Gasteiger charge is 2.26. The number of benzene rings is 1. The second-order valence-corrected chi connectivity index (χ2v) is 7.20. The number of carbonyl (C=O) groups is 1. The normalized spacial score (nSPS) is 11.6. The molecule has 1 aromatic carbocycles. The van der Waals surface area contributed by atoms with E-state index in [-0.39, 0.29) is 5.56 Å². The maximum absolute atomic E-state index is 14.0. The number of halogens is 4. The molecule has 4 nitrogen and oxygen atoms in total. The van der Waals surface area contributed by atoms with E-state index in [2.05, 4.69) is 4.98 Å². The van der Waals surface area contributed by atoms with Crippen molar-refractivity contribution >= 4 is 23.0 Å². The minimum atomic E-state index is -2.70. The molecule has 3 rings (SSSR count). The van der Waals surface area contributed by atoms with Crippen LogP contribution in [0.4, 0.5) is 13.2 Å². The fraction of sp³-hybridized carbons (Fsp3) is 0.300. The van der Waals surface area contributed by atoms with Crippen molar-refractivity contribution in [1.82, 2.24) is 14.3 Å². The van der Waals surface area contributed by atoms with Crippen molar-refractivity contribution in [3.63, 3.8) is 0 Å². The molecule has 0 unspecified atom stereocenters. The van der Waals surface area contributed by atoms with Crippen LogP contribution in [0.25, 0.3) is 16.6 Å². The first-order valence-corrected chi connectivity index (χ1v) is 9.09. The van der Waals surface area contributed by atoms with Crippen LogP contribution >= 0.6 is 11.6 Å². The molecule has 0 aliphatic carbocycles. The third-order valence-electron chi connectivity index (χ3n) is 4.51. The van der Waals surface area contributed by atoms with Crippen LogP contribution in [0.5, 0.6) is 0 Å². The number of hydrogen-bond acceptors (Lipinski definition) is 2. The Hall–Kier alpha value is -2.54. The minimum Gasteiger partial charge on any atom is -0.330 e. The van der Waals surface area contributed by atoms with Gasteiger partial charge in [0.15, 0.2) is 0 Å². The second-order valence-electron chi connectivity index (χ2n) is 6.76. The quantitative estimate of drug-likeness (QED) is 0.579. The Morgan fingerprint density at radius 3 is 2.61 bits per heavy atom. The average Bonchev–Trinajstić information content (AvgIpc) is 2.99. The second kappa shape index (κ2) is 7.83. The summed E-state index contributed by atoms with van der Waals surface area (Å²) in [6.45, 7) is 4.34. The van der Waals surface area contributed by atoms with Gasteiger partial charge in [-0.2, -0.15) is 0 Å². The van der Waals surface area contributed by atoms with Crippen molar-refractivity contribution < 1.29 is 18.0 Å². The van der Waals surface area contributed by atoms with Gasteiger partial charge in [0.05, 0.1) is 28.8 Å². The van der Waals surface area contributed by atoms with Crippen LogP contribution < -0.4 is 0 Å². The molecular formula is C20H19ClF3N3O. The van der Waals surface area contributed by atoms with Crippen LogP contribution in [0.3, 0.4) is 0 Å². The number of aryl methyl sites for hydroxylation is 1. The molecule has 0 aliphatic heterocycles. The van der Waals surface area contributed by atoms with Crippen molar-refractivity contribution in [1.29, 1.82) is 0 Å². The van der Waals surface area contributed by atoms with Gasteiger partial charge in [0.1, 0.15) is 11.6 Å². The Morgan fingerprint density at radius 1 is 1.25 bits per heavy atom. The van der Waals surface area contributed by atoms with Gasteiger partial charge >= 0.3 is 0 Å². The summed E-state index contributed by atoms with van der Waals surface area (Å²) < 4.78 is 41.7. The van der Waals surface area contributed by atoms with Crippen molar-refractivity contribution in [3.05, 3.63) is 58.9 Å². The average molecular weight is 410 g/mol. The van der Waals surface area contributed by atoms with Crippen molar-refractivity contribution in [2.24, 2.45) is 0 Å². The molecular weight excluding hydrogens is 391 g/mol. The van der Waals surface area contributed by atoms with Crippen LogP contribution in [-0.4, -0.2) is 39.2 Å². The SMILES string of the molecule is Cc1ncc2c(-c3ccc(F)cc3C(=O)N(CC(F)F)C(C)C)cc(Cl)cn12. The lowest BCUT2D eigenvalue weighted by molar-refractivity contribution is 0.0476. The summed E-state index contributed by atoms with van der Waals surface area (Å²) in [5.41, 5.74) is 1.64. The zero-order valence-electron chi connectivity index (χ0n) is 15.6. The first kappa shape index (κ1) is 20.2. The maximum atomic E-state index is 14.0. The minimum absolute atomic E-state index is 0.00244. The Morgan fingerprint density at radius 2 is 1.96 bits per heavy atom. The van der Waals surface area contributed by atoms with Gasteiger partial charge < -0.3 is 9.30 Å². The summed E-state index contributed by atoms with van der Waals surface area (Å²) in [6, 6.07) is 4.92. The predicted molar refractivity (Wildman–Crippen MR) is 103 cm³/mol. The third-order valence-corrected chi connectivity index (χ3v) is 4.72. The van der Waals surface area contributed by atoms with Crippen molar-refractivity contribution in [2.45, 2.75) is 33.2 Å². The van der Waals surface area contributed by atoms with E-state index in [1.54, 1.807) is 43.6 Å². The van der Waals surface area contributed by atoms with E-state index >= 15 is 0 Å². The van der Waals surface area contributed by atoms with Gasteiger partial charge in [-0.25, -0.2) is 18.2 Å². The van der Waals surface area contributed by atoms with Crippen LogP contribution in [-0.2, 0) is 0 Å². The number of pyridine rings is 1. The first-order valence-electron chi connectivity index (χ1n) is 8.71. The fourth-order valence-corrected chi connectivity index (χ4v) is 3.37. The number of aromatic nitrogens is 2. The number of hydrogen-bond donors (Lipinski definition) is 0. The predicted octanol–water partition coefficient (Wildman–Crippen LogP) is 5.22. The third kappa shape index (κ3) is 3.85. The van der Waals surface area contributed by atoms with Gasteiger partial charge in [-0.3, -0.25) is 4.79 Å². The smallest absolute Gasteiger partial charge is 0.255 e. The van der Waals surface area contributed by atoms with Crippen LogP contribution in [0, 0.1) is 12.7 Å². The molecule has 0 spiro atoms. The lowest BCUT2D eigenvalue weighted by atomic mass is 9.98. The van der Waals surface area contributed by atoms with E-state index in [0.29, 0.717) is 27.5 Å². The molecule has 0 aliphatic rings. The Kier molecular flexibility index (Phi) is 5.65. The molecule has 0 saturated heterocycles. The molecule has 3 aromatic rings. The van der Waals surface area contributed by atoms with E-state index < -0.39 is 30.7 Å². The van der Waals surface area contributed by atoms with E-state index in [9.17, 15) is 18.0 Å². The van der Waals surface area contributed by atoms with Crippen molar-refractivity contribution in [2.75, 3.05) is 6.54 Å². The van der Waals surface area contributed by atoms with Gasteiger partial charge in [0, 0.05) is 17.8 Å². The molecule has 28 heavy (non-hydrogen) atoms. The standard InChI is InChI=1S/C20H19ClF3N3O/c1-11(2)26(10-19(23)24)20(28)17-7-14(22)4-5-15(17)16-6-13(21)9-27-12(3)25-8-18(16)27/h4-9,11,19H,10H2,1-3H3. The van der Waals surface area contributed by atoms with E-state index in [1.165, 1.54) is 12.1 Å². The van der Waals surface area contributed by atoms with Crippen LogP contribution in [0.1, 0.15) is 30.0 Å². The molecule has 0 saturated carbocycles. The number of amides is 1. The van der Waals surface area contributed by atoms with Gasteiger partial charge in [0.25, 0.3) is 12.3 Å². The van der Waals surface area contributed by atoms with Gasteiger partial charge in [0.2, 0.25) is 0 Å². The van der Waals surface area contributed by atoms with Gasteiger partial charge in [-0.05, 0) is 44.5 Å². The summed E-state index contributed by atoms with van der Waals surface area (Å²) in [4.78, 5) is 18.4. The first-order chi connectivity index (χ1) is 13.2. The summed E-state index contributed by atoms with van der Waals surface area (Å²) in [5, 5.41) is 0.402. The largest absolute Gasteiger partial charge is 0.330 e. The number of nitrogens with zero attached hydrogens (tertiary/aromatic N) is 3. The lowest BCUT2D eigenvalue weighted by Crippen LogP contribution is -2.40. The molecule has 8 heteroatoms. The van der Waals surface area contributed by atoms with Crippen LogP contribution in [0.2, 0.25) is 5.02 Å². The monoisotopic (exact) mass is 409 g/mol.